The summed E-state index contributed by atoms with van der Waals surface area (Å²) >= 11 is 1.35. The Kier molecular flexibility index (Phi) is 4.00. The maximum absolute atomic E-state index is 13.3. The molecule has 0 atom stereocenters. The van der Waals surface area contributed by atoms with Gasteiger partial charge in [-0.1, -0.05) is 18.2 Å². The van der Waals surface area contributed by atoms with Crippen molar-refractivity contribution in [2.24, 2.45) is 7.05 Å². The van der Waals surface area contributed by atoms with Crippen LogP contribution in [0.25, 0.3) is 21.6 Å². The zero-order valence-corrected chi connectivity index (χ0v) is 14.5. The lowest BCUT2D eigenvalue weighted by Crippen LogP contribution is -2.12. The zero-order chi connectivity index (χ0) is 18.3. The molecule has 0 aliphatic rings. The Morgan fingerprint density at radius 2 is 1.92 bits per heavy atom. The number of carbonyl (C=O) groups excluding carboxylic acids is 1. The highest BCUT2D eigenvalue weighted by molar-refractivity contribution is 7.13. The molecule has 1 N–H and O–H groups in total. The van der Waals surface area contributed by atoms with Crippen LogP contribution in [0.5, 0.6) is 0 Å². The average molecular weight is 369 g/mol. The van der Waals surface area contributed by atoms with Crippen LogP contribution in [0.1, 0.15) is 10.5 Å². The molecule has 0 saturated heterocycles. The second-order valence-electron chi connectivity index (χ2n) is 5.77. The van der Waals surface area contributed by atoms with Crippen LogP contribution in [0.3, 0.4) is 0 Å². The summed E-state index contributed by atoms with van der Waals surface area (Å²) in [6.07, 6.45) is 0. The molecule has 4 rings (SSSR count). The molecule has 130 valence electrons. The second-order valence-corrected chi connectivity index (χ2v) is 6.63. The Hall–Kier alpha value is -3.06. The maximum Gasteiger partial charge on any atom is 0.275 e. The molecule has 0 saturated carbocycles. The minimum atomic E-state index is -1.02. The number of nitrogens with one attached hydrogen (secondary N) is 1. The number of thiazole rings is 1. The number of amides is 1. The summed E-state index contributed by atoms with van der Waals surface area (Å²) in [7, 11) is 1.94. The first-order valence-corrected chi connectivity index (χ1v) is 8.67. The van der Waals surface area contributed by atoms with E-state index in [4.69, 9.17) is 0 Å². The minimum absolute atomic E-state index is 0.174. The van der Waals surface area contributed by atoms with E-state index in [1.54, 1.807) is 5.38 Å². The van der Waals surface area contributed by atoms with Gasteiger partial charge in [-0.25, -0.2) is 13.8 Å². The number of aromatic nitrogens is 2. The standard InChI is InChI=1S/C19H13F2N3OS/c1-24-16-5-3-2-4-11(16)8-17(24)19-23-15(10-26-19)18(25)22-12-6-7-13(20)14(21)9-12/h2-10H,1H3,(H,22,25). The lowest BCUT2D eigenvalue weighted by Gasteiger charge is -2.03. The largest absolute Gasteiger partial charge is 0.342 e. The highest BCUT2D eigenvalue weighted by Crippen LogP contribution is 2.29. The Morgan fingerprint density at radius 1 is 1.12 bits per heavy atom. The Balaban J connectivity index is 1.61. The number of fused-ring (bicyclic) bond motifs is 1. The third-order valence-corrected chi connectivity index (χ3v) is 4.95. The third-order valence-electron chi connectivity index (χ3n) is 4.09. The van der Waals surface area contributed by atoms with Crippen LogP contribution >= 0.6 is 11.3 Å². The van der Waals surface area contributed by atoms with E-state index in [-0.39, 0.29) is 11.4 Å². The van der Waals surface area contributed by atoms with E-state index in [1.165, 1.54) is 17.4 Å². The van der Waals surface area contributed by atoms with Crippen molar-refractivity contribution in [2.75, 3.05) is 5.32 Å². The van der Waals surface area contributed by atoms with E-state index in [0.717, 1.165) is 28.7 Å². The number of aryl methyl sites for hydroxylation is 1. The van der Waals surface area contributed by atoms with E-state index in [2.05, 4.69) is 10.3 Å². The number of nitrogens with zero attached hydrogens (tertiary/aromatic N) is 2. The summed E-state index contributed by atoms with van der Waals surface area (Å²) in [5, 5.41) is 5.96. The Labute approximate surface area is 151 Å². The highest BCUT2D eigenvalue weighted by Gasteiger charge is 2.16. The van der Waals surface area contributed by atoms with Gasteiger partial charge in [-0.2, -0.15) is 0 Å². The van der Waals surface area contributed by atoms with E-state index in [1.807, 2.05) is 41.9 Å². The molecule has 7 heteroatoms. The molecule has 4 aromatic rings. The molecule has 0 unspecified atom stereocenters. The minimum Gasteiger partial charge on any atom is -0.342 e. The topological polar surface area (TPSA) is 46.9 Å². The number of para-hydroxylation sites is 1. The van der Waals surface area contributed by atoms with Crippen molar-refractivity contribution in [3.05, 3.63) is 71.2 Å². The van der Waals surface area contributed by atoms with Crippen LogP contribution < -0.4 is 5.32 Å². The fourth-order valence-electron chi connectivity index (χ4n) is 2.76. The van der Waals surface area contributed by atoms with Gasteiger partial charge in [-0.3, -0.25) is 4.79 Å². The first-order chi connectivity index (χ1) is 12.5. The van der Waals surface area contributed by atoms with Crippen LogP contribution in [-0.4, -0.2) is 15.5 Å². The lowest BCUT2D eigenvalue weighted by molar-refractivity contribution is 0.102. The van der Waals surface area contributed by atoms with Crippen LogP contribution in [0.15, 0.2) is 53.9 Å². The molecule has 0 aliphatic carbocycles. The first kappa shape index (κ1) is 16.4. The highest BCUT2D eigenvalue weighted by atomic mass is 32.1. The molecule has 2 aromatic heterocycles. The maximum atomic E-state index is 13.3. The van der Waals surface area contributed by atoms with Crippen molar-refractivity contribution in [1.82, 2.24) is 9.55 Å². The van der Waals surface area contributed by atoms with Gasteiger partial charge in [0.1, 0.15) is 10.7 Å². The number of hydrogen-bond donors (Lipinski definition) is 1. The summed E-state index contributed by atoms with van der Waals surface area (Å²) in [6, 6.07) is 13.2. The van der Waals surface area contributed by atoms with Gasteiger partial charge in [0, 0.05) is 35.1 Å². The number of carbonyl (C=O) groups is 1. The van der Waals surface area contributed by atoms with E-state index >= 15 is 0 Å². The average Bonchev–Trinajstić information content (AvgIpc) is 3.24. The van der Waals surface area contributed by atoms with Crippen molar-refractivity contribution >= 4 is 33.8 Å². The van der Waals surface area contributed by atoms with Crippen molar-refractivity contribution in [2.45, 2.75) is 0 Å². The quantitative estimate of drug-likeness (QED) is 0.562. The predicted molar refractivity (Wildman–Crippen MR) is 98.3 cm³/mol. The normalized spacial score (nSPS) is 11.0. The van der Waals surface area contributed by atoms with Gasteiger partial charge in [0.2, 0.25) is 0 Å². The zero-order valence-electron chi connectivity index (χ0n) is 13.7. The fourth-order valence-corrected chi connectivity index (χ4v) is 3.61. The van der Waals surface area contributed by atoms with Crippen LogP contribution in [0.2, 0.25) is 0 Å². The molecule has 1 amide bonds. The number of rotatable bonds is 3. The van der Waals surface area contributed by atoms with Crippen LogP contribution in [0, 0.1) is 11.6 Å². The number of anilines is 1. The molecule has 4 nitrogen and oxygen atoms in total. The summed E-state index contributed by atoms with van der Waals surface area (Å²) in [5.41, 5.74) is 2.38. The number of benzene rings is 2. The summed E-state index contributed by atoms with van der Waals surface area (Å²) < 4.78 is 28.3. The first-order valence-electron chi connectivity index (χ1n) is 7.79. The molecule has 0 aliphatic heterocycles. The molecule has 0 spiro atoms. The van der Waals surface area contributed by atoms with E-state index in [9.17, 15) is 13.6 Å². The van der Waals surface area contributed by atoms with Crippen molar-refractivity contribution in [3.63, 3.8) is 0 Å². The van der Waals surface area contributed by atoms with Gasteiger partial charge in [0.05, 0.1) is 5.69 Å². The molecule has 2 heterocycles. The monoisotopic (exact) mass is 369 g/mol. The molecule has 26 heavy (non-hydrogen) atoms. The van der Waals surface area contributed by atoms with Crippen molar-refractivity contribution in [3.8, 4) is 10.7 Å². The van der Waals surface area contributed by atoms with Gasteiger partial charge < -0.3 is 9.88 Å². The Bertz CT molecular complexity index is 1130. The molecule has 0 bridgehead atoms. The summed E-state index contributed by atoms with van der Waals surface area (Å²) in [6.45, 7) is 0. The number of halogens is 2. The second kappa shape index (κ2) is 6.34. The van der Waals surface area contributed by atoms with Crippen molar-refractivity contribution < 1.29 is 13.6 Å². The fraction of sp³-hybridized carbons (Fsp3) is 0.0526. The molecule has 2 aromatic carbocycles. The summed E-state index contributed by atoms with van der Waals surface area (Å²) in [5.74, 6) is -2.45. The molecule has 0 fully saturated rings. The number of hydrogen-bond acceptors (Lipinski definition) is 3. The molecule has 0 radical (unpaired) electrons. The van der Waals surface area contributed by atoms with Crippen LogP contribution in [0.4, 0.5) is 14.5 Å². The summed E-state index contributed by atoms with van der Waals surface area (Å²) in [4.78, 5) is 16.7. The SMILES string of the molecule is Cn1c(-c2nc(C(=O)Nc3ccc(F)c(F)c3)cs2)cc2ccccc21. The lowest BCUT2D eigenvalue weighted by atomic mass is 10.2. The molecular formula is C19H13F2N3OS. The van der Waals surface area contributed by atoms with Gasteiger partial charge in [0.15, 0.2) is 11.6 Å². The smallest absolute Gasteiger partial charge is 0.275 e. The van der Waals surface area contributed by atoms with Gasteiger partial charge in [-0.15, -0.1) is 11.3 Å². The third kappa shape index (κ3) is 2.86. The van der Waals surface area contributed by atoms with E-state index in [0.29, 0.717) is 5.01 Å². The van der Waals surface area contributed by atoms with Gasteiger partial charge in [0.25, 0.3) is 5.91 Å². The van der Waals surface area contributed by atoms with E-state index < -0.39 is 17.5 Å². The van der Waals surface area contributed by atoms with Crippen LogP contribution in [-0.2, 0) is 7.05 Å². The Morgan fingerprint density at radius 3 is 2.69 bits per heavy atom. The molecular weight excluding hydrogens is 356 g/mol. The van der Waals surface area contributed by atoms with Crippen molar-refractivity contribution in [1.29, 1.82) is 0 Å². The van der Waals surface area contributed by atoms with Gasteiger partial charge >= 0.3 is 0 Å². The van der Waals surface area contributed by atoms with Gasteiger partial charge in [-0.05, 0) is 24.3 Å². The predicted octanol–water partition coefficient (Wildman–Crippen LogP) is 4.83.